The molecule has 0 aliphatic heterocycles. The Hall–Kier alpha value is 1.34. The first-order valence-corrected chi connectivity index (χ1v) is 6.20. The molecule has 0 aromatic carbocycles. The number of hydrogen-bond donors (Lipinski definition) is 0. The van der Waals surface area contributed by atoms with Gasteiger partial charge in [-0.15, -0.1) is 0 Å². The van der Waals surface area contributed by atoms with Crippen molar-refractivity contribution in [3.63, 3.8) is 0 Å². The van der Waals surface area contributed by atoms with Gasteiger partial charge in [-0.3, -0.25) is 0 Å². The van der Waals surface area contributed by atoms with Crippen molar-refractivity contribution >= 4 is 49.3 Å². The Balaban J connectivity index is 2.55. The average Bonchev–Trinajstić information content (AvgIpc) is 1.37. The van der Waals surface area contributed by atoms with Gasteiger partial charge in [-0.1, -0.05) is 0 Å². The van der Waals surface area contributed by atoms with Crippen molar-refractivity contribution in [2.75, 3.05) is 0 Å². The minimum atomic E-state index is 0.496. The van der Waals surface area contributed by atoms with Crippen molar-refractivity contribution in [3.8, 4) is 0 Å². The van der Waals surface area contributed by atoms with E-state index in [0.29, 0.717) is 49.3 Å². The van der Waals surface area contributed by atoms with E-state index in [1.54, 1.807) is 0 Å². The van der Waals surface area contributed by atoms with Crippen LogP contribution in [0.2, 0.25) is 0 Å². The molecule has 0 heterocycles. The molecule has 0 rings (SSSR count). The molecule has 0 aromatic rings. The Kier molecular flexibility index (Phi) is 5.79. The molecule has 0 bridgehead atoms. The van der Waals surface area contributed by atoms with Crippen LogP contribution in [-0.2, 0) is 0 Å². The molecule has 0 unspecified atom stereocenters. The zero-order valence-corrected chi connectivity index (χ0v) is 14.3. The van der Waals surface area contributed by atoms with Gasteiger partial charge in [0, 0.05) is 0 Å². The molecule has 0 saturated carbocycles. The monoisotopic (exact) mass is 262 g/mol. The molecule has 2 nitrogen and oxygen atoms in total. The molecule has 4 heavy (non-hydrogen) atoms. The molecule has 0 saturated heterocycles. The molecule has 0 N–H and O–H groups in total. The fraction of sp³-hybridized carbons (Fsp3) is 0. The Labute approximate surface area is 55.0 Å². The second kappa shape index (κ2) is 4.34. The van der Waals surface area contributed by atoms with Crippen LogP contribution in [0, 0.1) is 0 Å². The van der Waals surface area contributed by atoms with Gasteiger partial charge >= 0.3 is 55.5 Å². The summed E-state index contributed by atoms with van der Waals surface area (Å²) in [6.45, 7) is 0. The minimum absolute atomic E-state index is 0.496. The molecule has 0 radical (unpaired) electrons. The summed E-state index contributed by atoms with van der Waals surface area (Å²) in [4.78, 5) is 0. The molecule has 0 aliphatic carbocycles. The van der Waals surface area contributed by atoms with Crippen LogP contribution in [0.1, 0.15) is 0 Å². The van der Waals surface area contributed by atoms with Crippen molar-refractivity contribution < 1.29 is 0 Å². The Morgan fingerprint density at radius 1 is 1.00 bits per heavy atom. The molecule has 0 aliphatic rings. The summed E-state index contributed by atoms with van der Waals surface area (Å²) in [5.74, 6) is 0. The van der Waals surface area contributed by atoms with Crippen molar-refractivity contribution in [1.29, 1.82) is 0 Å². The fourth-order valence-corrected chi connectivity index (χ4v) is 0. The third-order valence-electron chi connectivity index (χ3n) is 0.200. The molecular weight excluding hydrogens is 258 g/mol. The molecule has 0 spiro atoms. The SMILES string of the molecule is [InH2][N]=[N][InH2]. The van der Waals surface area contributed by atoms with Crippen molar-refractivity contribution in [2.45, 2.75) is 0 Å². The van der Waals surface area contributed by atoms with Gasteiger partial charge in [0.15, 0.2) is 0 Å². The molecule has 0 amide bonds. The van der Waals surface area contributed by atoms with Gasteiger partial charge in [0.2, 0.25) is 0 Å². The third kappa shape index (κ3) is 3.34. The van der Waals surface area contributed by atoms with Crippen LogP contribution in [0.25, 0.3) is 0 Å². The van der Waals surface area contributed by atoms with E-state index in [-0.39, 0.29) is 0 Å². The summed E-state index contributed by atoms with van der Waals surface area (Å²) >= 11 is 0.991. The van der Waals surface area contributed by atoms with Crippen LogP contribution in [0.5, 0.6) is 0 Å². The van der Waals surface area contributed by atoms with Crippen LogP contribution in [0.15, 0.2) is 6.20 Å². The summed E-state index contributed by atoms with van der Waals surface area (Å²) in [6, 6.07) is 0. The number of nitrogens with zero attached hydrogens (tertiary/aromatic N) is 2. The summed E-state index contributed by atoms with van der Waals surface area (Å²) < 4.78 is 7.33. The predicted octanol–water partition coefficient (Wildman–Crippen LogP) is -1.47. The second-order valence-electron chi connectivity index (χ2n) is 0.400. The van der Waals surface area contributed by atoms with E-state index in [0.717, 1.165) is 0 Å². The second-order valence-corrected chi connectivity index (χ2v) is 2.68. The topological polar surface area (TPSA) is 24.7 Å². The van der Waals surface area contributed by atoms with Gasteiger partial charge in [-0.05, 0) is 0 Å². The molecule has 20 valence electrons. The molecule has 4 heteroatoms. The first kappa shape index (κ1) is 5.34. The van der Waals surface area contributed by atoms with Gasteiger partial charge in [0.1, 0.15) is 0 Å². The van der Waals surface area contributed by atoms with Crippen molar-refractivity contribution in [3.05, 3.63) is 0 Å². The van der Waals surface area contributed by atoms with E-state index in [1.807, 2.05) is 0 Å². The molecule has 0 aromatic heterocycles. The van der Waals surface area contributed by atoms with E-state index in [1.165, 1.54) is 0 Å². The third-order valence-corrected chi connectivity index (χ3v) is 9.00. The standard InChI is InChI=1S/2In.N2.4H/c;;1-2;;;;/q2*+1;-2;;;;. The summed E-state index contributed by atoms with van der Waals surface area (Å²) in [5.41, 5.74) is 0. The Morgan fingerprint density at radius 2 is 1.25 bits per heavy atom. The van der Waals surface area contributed by atoms with Gasteiger partial charge < -0.3 is 0 Å². The number of rotatable bonds is 0. The van der Waals surface area contributed by atoms with Crippen LogP contribution in [0.3, 0.4) is 0 Å². The van der Waals surface area contributed by atoms with Crippen molar-refractivity contribution in [2.24, 2.45) is 6.20 Å². The molecule has 0 atom stereocenters. The van der Waals surface area contributed by atoms with Crippen LogP contribution in [-0.4, -0.2) is 49.3 Å². The van der Waals surface area contributed by atoms with E-state index in [2.05, 4.69) is 6.20 Å². The normalized spacial score (nSPS) is 9.00. The van der Waals surface area contributed by atoms with Gasteiger partial charge in [0.05, 0.1) is 0 Å². The fourth-order valence-electron chi connectivity index (χ4n) is 0. The van der Waals surface area contributed by atoms with Crippen LogP contribution >= 0.6 is 0 Å². The van der Waals surface area contributed by atoms with Crippen molar-refractivity contribution in [1.82, 2.24) is 0 Å². The average molecular weight is 262 g/mol. The van der Waals surface area contributed by atoms with Gasteiger partial charge in [0.25, 0.3) is 0 Å². The van der Waals surface area contributed by atoms with E-state index in [4.69, 9.17) is 0 Å². The van der Waals surface area contributed by atoms with Crippen LogP contribution in [0.4, 0.5) is 0 Å². The number of hydrogen-bond acceptors (Lipinski definition) is 2. The van der Waals surface area contributed by atoms with Gasteiger partial charge in [-0.25, -0.2) is 0 Å². The first-order valence-electron chi connectivity index (χ1n) is 1.09. The van der Waals surface area contributed by atoms with E-state index in [9.17, 15) is 0 Å². The first-order chi connectivity index (χ1) is 1.91. The summed E-state index contributed by atoms with van der Waals surface area (Å²) in [5, 5.41) is 0. The Morgan fingerprint density at radius 3 is 1.25 bits per heavy atom. The molecular formula is H4In2N2. The molecule has 0 fully saturated rings. The zero-order valence-electron chi connectivity index (χ0n) is 2.89. The van der Waals surface area contributed by atoms with E-state index < -0.39 is 0 Å². The van der Waals surface area contributed by atoms with E-state index >= 15 is 0 Å². The predicted molar refractivity (Wildman–Crippen MR) is 21.9 cm³/mol. The summed E-state index contributed by atoms with van der Waals surface area (Å²) in [7, 11) is 0. The zero-order chi connectivity index (χ0) is 3.41. The summed E-state index contributed by atoms with van der Waals surface area (Å²) in [6.07, 6.45) is 0. The Bertz CT molecular complexity index is 19.2. The maximum atomic E-state index is 3.66. The maximum absolute atomic E-state index is 3.66. The van der Waals surface area contributed by atoms with Gasteiger partial charge in [-0.2, -0.15) is 0 Å². The van der Waals surface area contributed by atoms with Crippen LogP contribution < -0.4 is 0 Å². The quantitative estimate of drug-likeness (QED) is 0.476.